The van der Waals surface area contributed by atoms with Crippen LogP contribution in [0.3, 0.4) is 0 Å². The number of esters is 1. The molecule has 3 nitrogen and oxygen atoms in total. The summed E-state index contributed by atoms with van der Waals surface area (Å²) in [6, 6.07) is 6.87. The Morgan fingerprint density at radius 1 is 1.50 bits per heavy atom. The van der Waals surface area contributed by atoms with Gasteiger partial charge in [-0.3, -0.25) is 0 Å². The molecular formula is C15H14FNO2S. The van der Waals surface area contributed by atoms with Crippen LogP contribution in [0.4, 0.5) is 10.1 Å². The molecule has 2 heterocycles. The molecule has 2 aromatic rings. The van der Waals surface area contributed by atoms with Crippen LogP contribution in [-0.4, -0.2) is 19.1 Å². The molecule has 3 rings (SSSR count). The smallest absolute Gasteiger partial charge is 0.348 e. The van der Waals surface area contributed by atoms with Gasteiger partial charge in [-0.2, -0.15) is 0 Å². The Morgan fingerprint density at radius 2 is 2.35 bits per heavy atom. The molecule has 0 fully saturated rings. The number of para-hydroxylation sites is 1. The van der Waals surface area contributed by atoms with Gasteiger partial charge < -0.3 is 10.1 Å². The molecule has 1 aromatic heterocycles. The lowest BCUT2D eigenvalue weighted by molar-refractivity contribution is 0.0532. The van der Waals surface area contributed by atoms with Crippen LogP contribution >= 0.6 is 11.3 Å². The Bertz CT molecular complexity index is 666. The van der Waals surface area contributed by atoms with Gasteiger partial charge in [-0.05, 0) is 31.0 Å². The number of rotatable bonds is 2. The van der Waals surface area contributed by atoms with Crippen LogP contribution in [-0.2, 0) is 11.2 Å². The second-order valence-corrected chi connectivity index (χ2v) is 5.58. The molecule has 0 atom stereocenters. The Hall–Kier alpha value is -1.88. The Labute approximate surface area is 120 Å². The highest BCUT2D eigenvalue weighted by Crippen LogP contribution is 2.40. The zero-order chi connectivity index (χ0) is 14.1. The van der Waals surface area contributed by atoms with Crippen molar-refractivity contribution < 1.29 is 13.9 Å². The Kier molecular flexibility index (Phi) is 3.44. The van der Waals surface area contributed by atoms with Gasteiger partial charge >= 0.3 is 5.97 Å². The van der Waals surface area contributed by atoms with E-state index in [1.165, 1.54) is 17.4 Å². The largest absolute Gasteiger partial charge is 0.462 e. The molecule has 0 saturated carbocycles. The fourth-order valence-corrected chi connectivity index (χ4v) is 3.50. The van der Waals surface area contributed by atoms with Crippen molar-refractivity contribution in [2.45, 2.75) is 13.3 Å². The molecule has 1 aliphatic heterocycles. The van der Waals surface area contributed by atoms with Crippen LogP contribution in [0.2, 0.25) is 0 Å². The molecule has 0 spiro atoms. The van der Waals surface area contributed by atoms with Crippen LogP contribution in [0.1, 0.15) is 22.2 Å². The van der Waals surface area contributed by atoms with Crippen LogP contribution < -0.4 is 5.32 Å². The van der Waals surface area contributed by atoms with Gasteiger partial charge in [-0.1, -0.05) is 12.1 Å². The van der Waals surface area contributed by atoms with Crippen molar-refractivity contribution in [1.82, 2.24) is 0 Å². The summed E-state index contributed by atoms with van der Waals surface area (Å²) in [5.74, 6) is -0.571. The summed E-state index contributed by atoms with van der Waals surface area (Å²) in [6.45, 7) is 2.79. The first-order chi connectivity index (χ1) is 9.70. The highest BCUT2D eigenvalue weighted by molar-refractivity contribution is 7.17. The van der Waals surface area contributed by atoms with Gasteiger partial charge in [0.25, 0.3) is 0 Å². The van der Waals surface area contributed by atoms with Crippen LogP contribution in [0.5, 0.6) is 0 Å². The first-order valence-electron chi connectivity index (χ1n) is 6.53. The van der Waals surface area contributed by atoms with E-state index in [1.54, 1.807) is 13.0 Å². The minimum atomic E-state index is -0.309. The highest BCUT2D eigenvalue weighted by Gasteiger charge is 2.22. The molecule has 0 unspecified atom stereocenters. The van der Waals surface area contributed by atoms with Gasteiger partial charge in [0.15, 0.2) is 0 Å². The summed E-state index contributed by atoms with van der Waals surface area (Å²) in [7, 11) is 0. The number of halogens is 1. The van der Waals surface area contributed by atoms with Crippen molar-refractivity contribution in [3.05, 3.63) is 40.5 Å². The lowest BCUT2D eigenvalue weighted by Gasteiger charge is -2.08. The summed E-state index contributed by atoms with van der Waals surface area (Å²) in [6.07, 6.45) is 0.763. The third-order valence-electron chi connectivity index (χ3n) is 3.24. The molecule has 1 aromatic carbocycles. The van der Waals surface area contributed by atoms with E-state index in [4.69, 9.17) is 4.74 Å². The van der Waals surface area contributed by atoms with Crippen molar-refractivity contribution in [3.63, 3.8) is 0 Å². The van der Waals surface area contributed by atoms with Gasteiger partial charge in [0.05, 0.1) is 12.3 Å². The second kappa shape index (κ2) is 5.25. The van der Waals surface area contributed by atoms with Crippen LogP contribution in [0, 0.1) is 5.82 Å². The number of fused-ring (bicyclic) bond motifs is 3. The zero-order valence-corrected chi connectivity index (χ0v) is 11.8. The van der Waals surface area contributed by atoms with Crippen molar-refractivity contribution >= 4 is 23.0 Å². The maximum absolute atomic E-state index is 13.9. The maximum Gasteiger partial charge on any atom is 0.348 e. The third kappa shape index (κ3) is 2.18. The number of ether oxygens (including phenoxy) is 1. The molecule has 1 aliphatic rings. The minimum Gasteiger partial charge on any atom is -0.462 e. The number of hydrogen-bond acceptors (Lipinski definition) is 4. The van der Waals surface area contributed by atoms with Crippen molar-refractivity contribution in [1.29, 1.82) is 0 Å². The second-order valence-electron chi connectivity index (χ2n) is 4.52. The van der Waals surface area contributed by atoms with Crippen LogP contribution in [0.25, 0.3) is 10.4 Å². The maximum atomic E-state index is 13.9. The van der Waals surface area contributed by atoms with Crippen molar-refractivity contribution in [3.8, 4) is 10.4 Å². The summed E-state index contributed by atoms with van der Waals surface area (Å²) in [5, 5.41) is 3.12. The summed E-state index contributed by atoms with van der Waals surface area (Å²) < 4.78 is 18.9. The lowest BCUT2D eigenvalue weighted by Crippen LogP contribution is -2.05. The van der Waals surface area contributed by atoms with E-state index in [2.05, 4.69) is 5.32 Å². The summed E-state index contributed by atoms with van der Waals surface area (Å²) in [5.41, 5.74) is 2.40. The first-order valence-corrected chi connectivity index (χ1v) is 7.35. The molecule has 20 heavy (non-hydrogen) atoms. The Morgan fingerprint density at radius 3 is 3.15 bits per heavy atom. The molecule has 0 radical (unpaired) electrons. The van der Waals surface area contributed by atoms with E-state index in [-0.39, 0.29) is 11.8 Å². The molecule has 0 amide bonds. The number of hydrogen-bond donors (Lipinski definition) is 1. The lowest BCUT2D eigenvalue weighted by atomic mass is 10.1. The van der Waals surface area contributed by atoms with Gasteiger partial charge in [0.2, 0.25) is 0 Å². The number of anilines is 1. The first kappa shape index (κ1) is 13.1. The summed E-state index contributed by atoms with van der Waals surface area (Å²) >= 11 is 1.37. The van der Waals surface area contributed by atoms with E-state index < -0.39 is 0 Å². The molecule has 0 aliphatic carbocycles. The predicted molar refractivity (Wildman–Crippen MR) is 77.9 cm³/mol. The minimum absolute atomic E-state index is 0.263. The SMILES string of the molecule is CCOC(=O)c1cc2c(s1)-c1cccc(F)c1NCC2. The molecule has 104 valence electrons. The van der Waals surface area contributed by atoms with Gasteiger partial charge in [-0.15, -0.1) is 11.3 Å². The molecule has 0 bridgehead atoms. The Balaban J connectivity index is 2.10. The normalized spacial score (nSPS) is 12.9. The monoisotopic (exact) mass is 291 g/mol. The average Bonchev–Trinajstić information content (AvgIpc) is 2.77. The van der Waals surface area contributed by atoms with E-state index in [1.807, 2.05) is 12.1 Å². The van der Waals surface area contributed by atoms with Gasteiger partial charge in [0.1, 0.15) is 10.7 Å². The molecular weight excluding hydrogens is 277 g/mol. The van der Waals surface area contributed by atoms with E-state index >= 15 is 0 Å². The predicted octanol–water partition coefficient (Wildman–Crippen LogP) is 3.70. The molecule has 5 heteroatoms. The number of benzene rings is 1. The number of thiophene rings is 1. The number of carbonyl (C=O) groups is 1. The number of carbonyl (C=O) groups excluding carboxylic acids is 1. The average molecular weight is 291 g/mol. The fourth-order valence-electron chi connectivity index (χ4n) is 2.36. The van der Waals surface area contributed by atoms with Crippen molar-refractivity contribution in [2.75, 3.05) is 18.5 Å². The fraction of sp³-hybridized carbons (Fsp3) is 0.267. The van der Waals surface area contributed by atoms with Gasteiger partial charge in [-0.25, -0.2) is 9.18 Å². The number of nitrogens with one attached hydrogen (secondary N) is 1. The standard InChI is InChI=1S/C15H14FNO2S/c1-2-19-15(18)12-8-9-6-7-17-13-10(14(9)20-12)4-3-5-11(13)16/h3-5,8,17H,2,6-7H2,1H3. The summed E-state index contributed by atoms with van der Waals surface area (Å²) in [4.78, 5) is 13.4. The van der Waals surface area contributed by atoms with E-state index in [0.717, 1.165) is 22.4 Å². The van der Waals surface area contributed by atoms with E-state index in [9.17, 15) is 9.18 Å². The topological polar surface area (TPSA) is 38.3 Å². The van der Waals surface area contributed by atoms with Crippen LogP contribution in [0.15, 0.2) is 24.3 Å². The third-order valence-corrected chi connectivity index (χ3v) is 4.43. The highest BCUT2D eigenvalue weighted by atomic mass is 32.1. The van der Waals surface area contributed by atoms with Crippen molar-refractivity contribution in [2.24, 2.45) is 0 Å². The zero-order valence-electron chi connectivity index (χ0n) is 11.0. The molecule has 1 N–H and O–H groups in total. The quantitative estimate of drug-likeness (QED) is 0.857. The molecule has 0 saturated heterocycles. The van der Waals surface area contributed by atoms with E-state index in [0.29, 0.717) is 23.7 Å². The van der Waals surface area contributed by atoms with Gasteiger partial charge in [0, 0.05) is 17.0 Å².